The number of methoxy groups -OCH3 is 1. The molecule has 0 aliphatic rings. The monoisotopic (exact) mass is 450 g/mol. The molecule has 0 bridgehead atoms. The highest BCUT2D eigenvalue weighted by atomic mass is 19.1. The molecule has 0 fully saturated rings. The smallest absolute Gasteiger partial charge is 0.224 e. The van der Waals surface area contributed by atoms with E-state index in [-0.39, 0.29) is 30.8 Å². The van der Waals surface area contributed by atoms with Crippen molar-refractivity contribution in [1.82, 2.24) is 10.2 Å². The average molecular weight is 451 g/mol. The van der Waals surface area contributed by atoms with Crippen molar-refractivity contribution >= 4 is 5.91 Å². The number of hydrogen-bond acceptors (Lipinski definition) is 4. The highest BCUT2D eigenvalue weighted by Gasteiger charge is 2.15. The quantitative estimate of drug-likeness (QED) is 0.457. The number of rotatable bonds is 11. The number of amides is 1. The summed E-state index contributed by atoms with van der Waals surface area (Å²) in [5, 5.41) is 2.77. The lowest BCUT2D eigenvalue weighted by Crippen LogP contribution is -2.25. The first kappa shape index (κ1) is 24.3. The van der Waals surface area contributed by atoms with Crippen molar-refractivity contribution in [3.63, 3.8) is 0 Å². The van der Waals surface area contributed by atoms with Gasteiger partial charge in [0.1, 0.15) is 23.4 Å². The molecule has 1 N–H and O–H groups in total. The number of halogens is 1. The zero-order valence-corrected chi connectivity index (χ0v) is 19.4. The van der Waals surface area contributed by atoms with Gasteiger partial charge in [0.2, 0.25) is 5.91 Å². The van der Waals surface area contributed by atoms with Gasteiger partial charge in [-0.05, 0) is 55.6 Å². The van der Waals surface area contributed by atoms with Crippen LogP contribution in [0.25, 0.3) is 0 Å². The third-order valence-electron chi connectivity index (χ3n) is 5.33. The lowest BCUT2D eigenvalue weighted by Gasteiger charge is -2.22. The van der Waals surface area contributed by atoms with Gasteiger partial charge in [0.05, 0.1) is 13.5 Å². The van der Waals surface area contributed by atoms with Crippen molar-refractivity contribution in [1.29, 1.82) is 0 Å². The Labute approximate surface area is 195 Å². The summed E-state index contributed by atoms with van der Waals surface area (Å²) in [4.78, 5) is 14.4. The van der Waals surface area contributed by atoms with Crippen molar-refractivity contribution in [2.24, 2.45) is 0 Å². The first-order chi connectivity index (χ1) is 15.9. The van der Waals surface area contributed by atoms with E-state index in [1.54, 1.807) is 25.3 Å². The Bertz CT molecular complexity index is 1020. The largest absolute Gasteiger partial charge is 0.497 e. The average Bonchev–Trinajstić information content (AvgIpc) is 2.82. The number of nitrogens with one attached hydrogen (secondary N) is 1. The minimum Gasteiger partial charge on any atom is -0.497 e. The molecule has 3 aromatic carbocycles. The number of carbonyl (C=O) groups excluding carboxylic acids is 1. The molecule has 0 saturated heterocycles. The summed E-state index contributed by atoms with van der Waals surface area (Å²) in [5.41, 5.74) is 2.41. The van der Waals surface area contributed by atoms with Crippen LogP contribution in [0, 0.1) is 5.82 Å². The van der Waals surface area contributed by atoms with Gasteiger partial charge in [-0.2, -0.15) is 0 Å². The molecule has 33 heavy (non-hydrogen) atoms. The summed E-state index contributed by atoms with van der Waals surface area (Å²) in [6, 6.07) is 21.9. The number of nitrogens with zero attached hydrogens (tertiary/aromatic N) is 1. The van der Waals surface area contributed by atoms with Gasteiger partial charge in [-0.25, -0.2) is 4.39 Å². The topological polar surface area (TPSA) is 50.8 Å². The second-order valence-corrected chi connectivity index (χ2v) is 8.16. The van der Waals surface area contributed by atoms with Gasteiger partial charge in [0.25, 0.3) is 0 Å². The summed E-state index contributed by atoms with van der Waals surface area (Å²) in [7, 11) is 5.73. The van der Waals surface area contributed by atoms with Gasteiger partial charge in [-0.1, -0.05) is 42.5 Å². The highest BCUT2D eigenvalue weighted by Crippen LogP contribution is 2.27. The molecule has 0 aliphatic heterocycles. The van der Waals surface area contributed by atoms with Gasteiger partial charge < -0.3 is 19.7 Å². The Morgan fingerprint density at radius 1 is 0.970 bits per heavy atom. The Kier molecular flexibility index (Phi) is 8.84. The van der Waals surface area contributed by atoms with Crippen LogP contribution < -0.4 is 14.8 Å². The van der Waals surface area contributed by atoms with Gasteiger partial charge in [-0.3, -0.25) is 4.79 Å². The fraction of sp³-hybridized carbons (Fsp3) is 0.296. The van der Waals surface area contributed by atoms with Crippen LogP contribution in [-0.2, 0) is 17.8 Å². The lowest BCUT2D eigenvalue weighted by molar-refractivity contribution is -0.120. The van der Waals surface area contributed by atoms with Crippen LogP contribution in [0.4, 0.5) is 4.39 Å². The molecule has 1 atom stereocenters. The Morgan fingerprint density at radius 3 is 2.27 bits per heavy atom. The molecule has 174 valence electrons. The summed E-state index contributed by atoms with van der Waals surface area (Å²) < 4.78 is 25.3. The minimum absolute atomic E-state index is 0.103. The van der Waals surface area contributed by atoms with E-state index >= 15 is 0 Å². The van der Waals surface area contributed by atoms with E-state index in [1.807, 2.05) is 62.6 Å². The van der Waals surface area contributed by atoms with Crippen molar-refractivity contribution in [3.8, 4) is 11.5 Å². The van der Waals surface area contributed by atoms with Crippen molar-refractivity contribution in [3.05, 3.63) is 95.3 Å². The first-order valence-electron chi connectivity index (χ1n) is 11.0. The normalized spacial score (nSPS) is 11.8. The molecule has 1 amide bonds. The highest BCUT2D eigenvalue weighted by molar-refractivity contribution is 5.78. The van der Waals surface area contributed by atoms with E-state index < -0.39 is 0 Å². The standard InChI is InChI=1S/C27H31FN2O3/c1-30(2)17-16-26(21-10-14-23(32-3)15-11-21)33-24-12-8-20(9-13-24)18-27(31)29-19-22-6-4-5-7-25(22)28/h4-15,26H,16-19H2,1-3H3,(H,29,31). The third-order valence-corrected chi connectivity index (χ3v) is 5.33. The predicted molar refractivity (Wildman–Crippen MR) is 128 cm³/mol. The Balaban J connectivity index is 1.59. The first-order valence-corrected chi connectivity index (χ1v) is 11.0. The summed E-state index contributed by atoms with van der Waals surface area (Å²) >= 11 is 0. The molecule has 0 saturated carbocycles. The zero-order chi connectivity index (χ0) is 23.6. The lowest BCUT2D eigenvalue weighted by atomic mass is 10.1. The molecular weight excluding hydrogens is 419 g/mol. The molecule has 0 spiro atoms. The van der Waals surface area contributed by atoms with E-state index in [0.29, 0.717) is 5.56 Å². The summed E-state index contributed by atoms with van der Waals surface area (Å²) in [5.74, 6) is 1.07. The fourth-order valence-corrected chi connectivity index (χ4v) is 3.42. The van der Waals surface area contributed by atoms with E-state index in [4.69, 9.17) is 9.47 Å². The van der Waals surface area contributed by atoms with Crippen LogP contribution in [0.15, 0.2) is 72.8 Å². The minimum atomic E-state index is -0.319. The van der Waals surface area contributed by atoms with Crippen LogP contribution in [0.5, 0.6) is 11.5 Å². The summed E-state index contributed by atoms with van der Waals surface area (Å²) in [6.07, 6.45) is 0.949. The second kappa shape index (κ2) is 12.0. The van der Waals surface area contributed by atoms with Crippen LogP contribution in [0.2, 0.25) is 0 Å². The number of ether oxygens (including phenoxy) is 2. The zero-order valence-electron chi connectivity index (χ0n) is 19.4. The van der Waals surface area contributed by atoms with Crippen molar-refractivity contribution in [2.75, 3.05) is 27.7 Å². The van der Waals surface area contributed by atoms with E-state index in [9.17, 15) is 9.18 Å². The van der Waals surface area contributed by atoms with Crippen molar-refractivity contribution < 1.29 is 18.7 Å². The van der Waals surface area contributed by atoms with Crippen LogP contribution >= 0.6 is 0 Å². The molecule has 5 nitrogen and oxygen atoms in total. The third kappa shape index (κ3) is 7.61. The Hall–Kier alpha value is -3.38. The van der Waals surface area contributed by atoms with Gasteiger partial charge in [-0.15, -0.1) is 0 Å². The van der Waals surface area contributed by atoms with E-state index in [1.165, 1.54) is 6.07 Å². The number of carbonyl (C=O) groups is 1. The maximum atomic E-state index is 13.7. The fourth-order valence-electron chi connectivity index (χ4n) is 3.42. The van der Waals surface area contributed by atoms with Gasteiger partial charge in [0.15, 0.2) is 0 Å². The molecular formula is C27H31FN2O3. The molecule has 3 rings (SSSR count). The maximum absolute atomic E-state index is 13.7. The Morgan fingerprint density at radius 2 is 1.64 bits per heavy atom. The molecule has 0 aliphatic carbocycles. The van der Waals surface area contributed by atoms with E-state index in [0.717, 1.165) is 35.6 Å². The van der Waals surface area contributed by atoms with Gasteiger partial charge >= 0.3 is 0 Å². The van der Waals surface area contributed by atoms with Crippen LogP contribution in [0.1, 0.15) is 29.2 Å². The molecule has 3 aromatic rings. The van der Waals surface area contributed by atoms with Gasteiger partial charge in [0, 0.05) is 25.1 Å². The predicted octanol–water partition coefficient (Wildman–Crippen LogP) is 4.77. The summed E-state index contributed by atoms with van der Waals surface area (Å²) in [6.45, 7) is 1.05. The van der Waals surface area contributed by atoms with Crippen LogP contribution in [0.3, 0.4) is 0 Å². The molecule has 0 aromatic heterocycles. The maximum Gasteiger partial charge on any atom is 0.224 e. The molecule has 6 heteroatoms. The van der Waals surface area contributed by atoms with Crippen LogP contribution in [-0.4, -0.2) is 38.6 Å². The molecule has 1 unspecified atom stereocenters. The van der Waals surface area contributed by atoms with E-state index in [2.05, 4.69) is 10.2 Å². The second-order valence-electron chi connectivity index (χ2n) is 8.16. The number of hydrogen-bond donors (Lipinski definition) is 1. The van der Waals surface area contributed by atoms with Crippen molar-refractivity contribution in [2.45, 2.75) is 25.5 Å². The molecule has 0 radical (unpaired) electrons. The molecule has 0 heterocycles. The number of benzene rings is 3. The SMILES string of the molecule is COc1ccc(C(CCN(C)C)Oc2ccc(CC(=O)NCc3ccccc3F)cc2)cc1.